The molecule has 0 unspecified atom stereocenters. The first-order chi connectivity index (χ1) is 13.0. The predicted molar refractivity (Wildman–Crippen MR) is 108 cm³/mol. The molecule has 4 aromatic rings. The van der Waals surface area contributed by atoms with Crippen LogP contribution < -0.4 is 10.4 Å². The molecule has 134 valence electrons. The van der Waals surface area contributed by atoms with Crippen molar-refractivity contribution in [3.63, 3.8) is 0 Å². The maximum absolute atomic E-state index is 12.5. The molecule has 6 nitrogen and oxygen atoms in total. The van der Waals surface area contributed by atoms with Crippen molar-refractivity contribution in [2.24, 2.45) is 5.10 Å². The van der Waals surface area contributed by atoms with Gasteiger partial charge in [-0.05, 0) is 30.3 Å². The van der Waals surface area contributed by atoms with Gasteiger partial charge in [0.05, 0.1) is 27.4 Å². The number of amides is 1. The summed E-state index contributed by atoms with van der Waals surface area (Å²) in [7, 11) is 0. The molecule has 0 bridgehead atoms. The second-order valence-corrected chi connectivity index (χ2v) is 7.15. The highest BCUT2D eigenvalue weighted by Gasteiger charge is 2.16. The van der Waals surface area contributed by atoms with Crippen LogP contribution in [0.2, 0.25) is 5.02 Å². The monoisotopic (exact) mass is 397 g/mol. The number of halogens is 1. The van der Waals surface area contributed by atoms with Crippen LogP contribution in [-0.2, 0) is 4.79 Å². The Balaban J connectivity index is 1.74. The predicted octanol–water partition coefficient (Wildman–Crippen LogP) is 4.44. The van der Waals surface area contributed by atoms with Gasteiger partial charge in [-0.1, -0.05) is 35.1 Å². The van der Waals surface area contributed by atoms with Gasteiger partial charge in [0.15, 0.2) is 0 Å². The Hall–Kier alpha value is -3.03. The van der Waals surface area contributed by atoms with E-state index in [4.69, 9.17) is 16.0 Å². The number of hydrogen-bond donors (Lipinski definition) is 0. The molecule has 2 aromatic carbocycles. The Morgan fingerprint density at radius 2 is 2.11 bits per heavy atom. The summed E-state index contributed by atoms with van der Waals surface area (Å²) in [5, 5.41) is 6.74. The number of thiazole rings is 1. The second kappa shape index (κ2) is 6.94. The highest BCUT2D eigenvalue weighted by Crippen LogP contribution is 2.31. The lowest BCUT2D eigenvalue weighted by molar-refractivity contribution is -0.116. The van der Waals surface area contributed by atoms with E-state index in [1.54, 1.807) is 42.5 Å². The van der Waals surface area contributed by atoms with E-state index in [1.807, 2.05) is 0 Å². The van der Waals surface area contributed by atoms with Crippen molar-refractivity contribution in [1.29, 1.82) is 0 Å². The fourth-order valence-corrected chi connectivity index (χ4v) is 3.79. The Morgan fingerprint density at radius 1 is 1.30 bits per heavy atom. The molecule has 2 heterocycles. The van der Waals surface area contributed by atoms with Gasteiger partial charge in [0.1, 0.15) is 11.8 Å². The number of hydrazone groups is 1. The Kier molecular flexibility index (Phi) is 4.47. The molecule has 0 atom stereocenters. The summed E-state index contributed by atoms with van der Waals surface area (Å²) in [6.07, 6.45) is 2.63. The SMILES string of the molecule is CC(=O)N(/N=C\c1coc2ccccc2c1=O)c1nc2ccc(Cl)cc2s1. The smallest absolute Gasteiger partial charge is 0.246 e. The molecule has 8 heteroatoms. The first kappa shape index (κ1) is 17.4. The van der Waals surface area contributed by atoms with Gasteiger partial charge in [0.2, 0.25) is 16.5 Å². The van der Waals surface area contributed by atoms with Crippen molar-refractivity contribution >= 4 is 61.4 Å². The number of benzene rings is 2. The van der Waals surface area contributed by atoms with E-state index in [0.29, 0.717) is 26.6 Å². The molecule has 2 aromatic heterocycles. The number of fused-ring (bicyclic) bond motifs is 2. The quantitative estimate of drug-likeness (QED) is 0.378. The normalized spacial score (nSPS) is 11.5. The molecule has 4 rings (SSSR count). The van der Waals surface area contributed by atoms with Crippen LogP contribution in [0.15, 0.2) is 63.0 Å². The zero-order valence-corrected chi connectivity index (χ0v) is 15.6. The number of para-hydroxylation sites is 1. The van der Waals surface area contributed by atoms with Crippen LogP contribution in [0, 0.1) is 0 Å². The van der Waals surface area contributed by atoms with Crippen LogP contribution in [0.1, 0.15) is 12.5 Å². The van der Waals surface area contributed by atoms with Crippen LogP contribution in [-0.4, -0.2) is 17.1 Å². The molecule has 0 aliphatic rings. The van der Waals surface area contributed by atoms with Gasteiger partial charge in [-0.25, -0.2) is 4.98 Å². The Morgan fingerprint density at radius 3 is 2.93 bits per heavy atom. The molecule has 0 radical (unpaired) electrons. The third-order valence-electron chi connectivity index (χ3n) is 3.84. The van der Waals surface area contributed by atoms with E-state index in [9.17, 15) is 9.59 Å². The summed E-state index contributed by atoms with van der Waals surface area (Å²) in [5.74, 6) is -0.332. The summed E-state index contributed by atoms with van der Waals surface area (Å²) >= 11 is 7.28. The molecule has 27 heavy (non-hydrogen) atoms. The molecular formula is C19H12ClN3O3S. The molecule has 0 spiro atoms. The standard InChI is InChI=1S/C19H12ClN3O3S/c1-11(24)23(19-22-15-7-6-13(20)8-17(15)27-19)21-9-12-10-26-16-5-3-2-4-14(16)18(12)25/h2-10H,1H3/b21-9-. The lowest BCUT2D eigenvalue weighted by Crippen LogP contribution is -2.22. The molecule has 0 N–H and O–H groups in total. The minimum Gasteiger partial charge on any atom is -0.463 e. The number of aromatic nitrogens is 1. The lowest BCUT2D eigenvalue weighted by Gasteiger charge is -2.10. The number of anilines is 1. The van der Waals surface area contributed by atoms with E-state index >= 15 is 0 Å². The van der Waals surface area contributed by atoms with Crippen LogP contribution in [0.4, 0.5) is 5.13 Å². The van der Waals surface area contributed by atoms with Gasteiger partial charge in [-0.3, -0.25) is 9.59 Å². The number of rotatable bonds is 3. The number of nitrogens with zero attached hydrogens (tertiary/aromatic N) is 3. The first-order valence-electron chi connectivity index (χ1n) is 7.94. The zero-order valence-electron chi connectivity index (χ0n) is 14.0. The lowest BCUT2D eigenvalue weighted by atomic mass is 10.2. The molecule has 0 aliphatic carbocycles. The van der Waals surface area contributed by atoms with Crippen molar-refractivity contribution in [1.82, 2.24) is 4.98 Å². The van der Waals surface area contributed by atoms with Crippen LogP contribution in [0.5, 0.6) is 0 Å². The van der Waals surface area contributed by atoms with Crippen LogP contribution >= 0.6 is 22.9 Å². The first-order valence-corrected chi connectivity index (χ1v) is 9.14. The highest BCUT2D eigenvalue weighted by atomic mass is 35.5. The fraction of sp³-hybridized carbons (Fsp3) is 0.0526. The summed E-state index contributed by atoms with van der Waals surface area (Å²) in [4.78, 5) is 29.0. The number of hydrogen-bond acceptors (Lipinski definition) is 6. The van der Waals surface area contributed by atoms with Crippen LogP contribution in [0.25, 0.3) is 21.2 Å². The van der Waals surface area contributed by atoms with Crippen molar-refractivity contribution in [2.75, 3.05) is 5.01 Å². The van der Waals surface area contributed by atoms with E-state index in [1.165, 1.54) is 30.7 Å². The molecular weight excluding hydrogens is 386 g/mol. The van der Waals surface area contributed by atoms with Gasteiger partial charge >= 0.3 is 0 Å². The molecule has 0 saturated heterocycles. The summed E-state index contributed by atoms with van der Waals surface area (Å²) in [5.41, 5.74) is 1.22. The molecule has 1 amide bonds. The van der Waals surface area contributed by atoms with E-state index in [0.717, 1.165) is 9.71 Å². The molecule has 0 fully saturated rings. The third kappa shape index (κ3) is 3.34. The second-order valence-electron chi connectivity index (χ2n) is 5.70. The summed E-state index contributed by atoms with van der Waals surface area (Å²) < 4.78 is 6.30. The van der Waals surface area contributed by atoms with E-state index in [-0.39, 0.29) is 16.9 Å². The maximum Gasteiger partial charge on any atom is 0.246 e. The zero-order chi connectivity index (χ0) is 19.0. The number of carbonyl (C=O) groups excluding carboxylic acids is 1. The van der Waals surface area contributed by atoms with Gasteiger partial charge in [0.25, 0.3) is 0 Å². The maximum atomic E-state index is 12.5. The van der Waals surface area contributed by atoms with Gasteiger partial charge in [-0.15, -0.1) is 0 Å². The minimum absolute atomic E-state index is 0.222. The average molecular weight is 398 g/mol. The van der Waals surface area contributed by atoms with Crippen molar-refractivity contribution in [3.8, 4) is 0 Å². The molecule has 0 saturated carbocycles. The van der Waals surface area contributed by atoms with Crippen molar-refractivity contribution in [3.05, 3.63) is 69.5 Å². The van der Waals surface area contributed by atoms with Gasteiger partial charge in [0, 0.05) is 11.9 Å². The van der Waals surface area contributed by atoms with Crippen LogP contribution in [0.3, 0.4) is 0 Å². The largest absolute Gasteiger partial charge is 0.463 e. The van der Waals surface area contributed by atoms with Crippen molar-refractivity contribution < 1.29 is 9.21 Å². The van der Waals surface area contributed by atoms with E-state index < -0.39 is 0 Å². The third-order valence-corrected chi connectivity index (χ3v) is 5.07. The Labute approximate surface area is 162 Å². The summed E-state index contributed by atoms with van der Waals surface area (Å²) in [6.45, 7) is 1.37. The minimum atomic E-state index is -0.332. The average Bonchev–Trinajstić information content (AvgIpc) is 3.06. The van der Waals surface area contributed by atoms with Crippen molar-refractivity contribution in [2.45, 2.75) is 6.92 Å². The van der Waals surface area contributed by atoms with Gasteiger partial charge in [-0.2, -0.15) is 10.1 Å². The van der Waals surface area contributed by atoms with Gasteiger partial charge < -0.3 is 4.42 Å². The fourth-order valence-electron chi connectivity index (χ4n) is 2.54. The Bertz CT molecular complexity index is 1260. The van der Waals surface area contributed by atoms with E-state index in [2.05, 4.69) is 10.1 Å². The molecule has 0 aliphatic heterocycles. The highest BCUT2D eigenvalue weighted by molar-refractivity contribution is 7.22. The topological polar surface area (TPSA) is 75.8 Å². The number of carbonyl (C=O) groups is 1. The summed E-state index contributed by atoms with van der Waals surface area (Å²) in [6, 6.07) is 12.2.